The SMILES string of the molecule is COc1ccc(C(=O)[C@@H]2[C@@H]3C(=O)N(c4cc(Cl)cc(Cl)c4)C(=O)[C@@H]3[C@H]3c4ccccc4C=CN23)cc1Br. The van der Waals surface area contributed by atoms with Gasteiger partial charge in [-0.15, -0.1) is 0 Å². The van der Waals surface area contributed by atoms with Crippen molar-refractivity contribution in [3.05, 3.63) is 98.1 Å². The molecule has 6 nitrogen and oxygen atoms in total. The molecular weight excluding hydrogens is 579 g/mol. The minimum Gasteiger partial charge on any atom is -0.496 e. The molecule has 2 fully saturated rings. The maximum Gasteiger partial charge on any atom is 0.240 e. The number of Topliss-reactive ketones (excluding diaryl/α,β-unsaturated/α-hetero) is 1. The second kappa shape index (κ2) is 9.01. The van der Waals surface area contributed by atoms with E-state index in [4.69, 9.17) is 27.9 Å². The third kappa shape index (κ3) is 3.71. The number of rotatable bonds is 4. The lowest BCUT2D eigenvalue weighted by molar-refractivity contribution is -0.123. The molecule has 2 saturated heterocycles. The van der Waals surface area contributed by atoms with Crippen molar-refractivity contribution >= 4 is 68.5 Å². The van der Waals surface area contributed by atoms with E-state index in [0.29, 0.717) is 31.5 Å². The Morgan fingerprint density at radius 2 is 1.65 bits per heavy atom. The number of imide groups is 1. The second-order valence-electron chi connectivity index (χ2n) is 9.19. The summed E-state index contributed by atoms with van der Waals surface area (Å²) in [7, 11) is 1.54. The van der Waals surface area contributed by atoms with Crippen molar-refractivity contribution in [2.24, 2.45) is 11.8 Å². The molecule has 0 unspecified atom stereocenters. The Kier molecular flexibility index (Phi) is 5.90. The molecule has 0 N–H and O–H groups in total. The fourth-order valence-electron chi connectivity index (χ4n) is 5.77. The summed E-state index contributed by atoms with van der Waals surface area (Å²) < 4.78 is 5.93. The highest BCUT2D eigenvalue weighted by Gasteiger charge is 2.64. The van der Waals surface area contributed by atoms with Crippen LogP contribution in [0.5, 0.6) is 5.75 Å². The standard InChI is InChI=1S/C28H19BrCl2N2O4/c1-37-21-7-6-15(10-20(21)29)26(34)25-23-22(24-19-5-3-2-4-14(19)8-9-32(24)25)27(35)33(28(23)36)18-12-16(30)11-17(31)13-18/h2-13,22-25H,1H3/t22-,23+,24+,25-/m0/s1. The van der Waals surface area contributed by atoms with Crippen LogP contribution in [0.1, 0.15) is 27.5 Å². The average Bonchev–Trinajstić information content (AvgIpc) is 3.35. The van der Waals surface area contributed by atoms with Crippen LogP contribution in [0.15, 0.2) is 71.3 Å². The molecule has 9 heteroatoms. The lowest BCUT2D eigenvalue weighted by Gasteiger charge is -2.35. The summed E-state index contributed by atoms with van der Waals surface area (Å²) in [5, 5.41) is 0.617. The highest BCUT2D eigenvalue weighted by molar-refractivity contribution is 9.10. The largest absolute Gasteiger partial charge is 0.496 e. The molecule has 2 amide bonds. The van der Waals surface area contributed by atoms with Gasteiger partial charge in [-0.3, -0.25) is 14.4 Å². The Labute approximate surface area is 231 Å². The maximum atomic E-state index is 14.1. The number of fused-ring (bicyclic) bond motifs is 5. The van der Waals surface area contributed by atoms with E-state index in [1.165, 1.54) is 18.2 Å². The third-order valence-corrected chi connectivity index (χ3v) is 8.33. The highest BCUT2D eigenvalue weighted by atomic mass is 79.9. The molecule has 6 rings (SSSR count). The lowest BCUT2D eigenvalue weighted by Crippen LogP contribution is -2.44. The van der Waals surface area contributed by atoms with E-state index in [2.05, 4.69) is 15.9 Å². The molecule has 3 aliphatic heterocycles. The van der Waals surface area contributed by atoms with Gasteiger partial charge >= 0.3 is 0 Å². The smallest absolute Gasteiger partial charge is 0.240 e. The van der Waals surface area contributed by atoms with E-state index in [9.17, 15) is 14.4 Å². The van der Waals surface area contributed by atoms with E-state index in [-0.39, 0.29) is 11.7 Å². The van der Waals surface area contributed by atoms with E-state index >= 15 is 0 Å². The van der Waals surface area contributed by atoms with Crippen molar-refractivity contribution in [1.82, 2.24) is 4.90 Å². The second-order valence-corrected chi connectivity index (χ2v) is 10.9. The van der Waals surface area contributed by atoms with E-state index in [1.807, 2.05) is 41.4 Å². The van der Waals surface area contributed by atoms with Crippen LogP contribution in [-0.4, -0.2) is 35.6 Å². The minimum absolute atomic E-state index is 0.253. The van der Waals surface area contributed by atoms with Crippen LogP contribution in [0.3, 0.4) is 0 Å². The number of methoxy groups -OCH3 is 1. The molecule has 186 valence electrons. The first-order chi connectivity index (χ1) is 17.8. The summed E-state index contributed by atoms with van der Waals surface area (Å²) in [5.74, 6) is -2.13. The number of hydrogen-bond acceptors (Lipinski definition) is 5. The van der Waals surface area contributed by atoms with E-state index < -0.39 is 29.8 Å². The van der Waals surface area contributed by atoms with Crippen molar-refractivity contribution in [2.75, 3.05) is 12.0 Å². The third-order valence-electron chi connectivity index (χ3n) is 7.27. The molecule has 0 radical (unpaired) electrons. The van der Waals surface area contributed by atoms with Crippen LogP contribution in [0.4, 0.5) is 5.69 Å². The van der Waals surface area contributed by atoms with Crippen LogP contribution >= 0.6 is 39.1 Å². The van der Waals surface area contributed by atoms with E-state index in [1.54, 1.807) is 25.3 Å². The van der Waals surface area contributed by atoms with Crippen molar-refractivity contribution < 1.29 is 19.1 Å². The molecule has 3 heterocycles. The summed E-state index contributed by atoms with van der Waals surface area (Å²) in [6, 6.07) is 16.0. The zero-order chi connectivity index (χ0) is 26.0. The number of hydrogen-bond donors (Lipinski definition) is 0. The first kappa shape index (κ1) is 24.2. The Morgan fingerprint density at radius 3 is 2.35 bits per heavy atom. The fourth-order valence-corrected chi connectivity index (χ4v) is 6.83. The van der Waals surface area contributed by atoms with Crippen LogP contribution < -0.4 is 9.64 Å². The Hall–Kier alpha value is -3.13. The zero-order valence-electron chi connectivity index (χ0n) is 19.4. The topological polar surface area (TPSA) is 66.9 Å². The van der Waals surface area contributed by atoms with Gasteiger partial charge in [0.2, 0.25) is 11.8 Å². The van der Waals surface area contributed by atoms with Crippen LogP contribution in [-0.2, 0) is 9.59 Å². The number of carbonyl (C=O) groups is 3. The highest BCUT2D eigenvalue weighted by Crippen LogP contribution is 2.54. The van der Waals surface area contributed by atoms with Crippen LogP contribution in [0.25, 0.3) is 6.08 Å². The van der Waals surface area contributed by atoms with Gasteiger partial charge in [0.1, 0.15) is 11.8 Å². The van der Waals surface area contributed by atoms with Gasteiger partial charge in [0.05, 0.1) is 35.1 Å². The molecule has 0 aromatic heterocycles. The monoisotopic (exact) mass is 596 g/mol. The summed E-state index contributed by atoms with van der Waals surface area (Å²) in [6.07, 6.45) is 3.74. The van der Waals surface area contributed by atoms with E-state index in [0.717, 1.165) is 16.0 Å². The molecule has 0 spiro atoms. The molecule has 37 heavy (non-hydrogen) atoms. The predicted molar refractivity (Wildman–Crippen MR) is 145 cm³/mol. The number of benzene rings is 3. The molecule has 3 aliphatic rings. The summed E-state index contributed by atoms with van der Waals surface area (Å²) >= 11 is 15.8. The predicted octanol–water partition coefficient (Wildman–Crippen LogP) is 6.16. The summed E-state index contributed by atoms with van der Waals surface area (Å²) in [6.45, 7) is 0. The number of amides is 2. The average molecular weight is 598 g/mol. The first-order valence-electron chi connectivity index (χ1n) is 11.6. The molecule has 4 atom stereocenters. The van der Waals surface area contributed by atoms with Crippen molar-refractivity contribution in [1.29, 1.82) is 0 Å². The molecule has 0 bridgehead atoms. The van der Waals surface area contributed by atoms with Gasteiger partial charge in [0, 0.05) is 21.8 Å². The molecule has 3 aromatic rings. The molecule has 0 saturated carbocycles. The summed E-state index contributed by atoms with van der Waals surface area (Å²) in [5.41, 5.74) is 2.56. The zero-order valence-corrected chi connectivity index (χ0v) is 22.5. The summed E-state index contributed by atoms with van der Waals surface area (Å²) in [4.78, 5) is 45.0. The van der Waals surface area contributed by atoms with Crippen LogP contribution in [0.2, 0.25) is 10.0 Å². The Morgan fingerprint density at radius 1 is 0.946 bits per heavy atom. The Balaban J connectivity index is 1.49. The van der Waals surface area contributed by atoms with Gasteiger partial charge in [-0.2, -0.15) is 0 Å². The van der Waals surface area contributed by atoms with Crippen molar-refractivity contribution in [2.45, 2.75) is 12.1 Å². The fraction of sp³-hybridized carbons (Fsp3) is 0.179. The number of carbonyl (C=O) groups excluding carboxylic acids is 3. The van der Waals surface area contributed by atoms with Gasteiger partial charge in [0.15, 0.2) is 5.78 Å². The first-order valence-corrected chi connectivity index (χ1v) is 13.1. The number of ketones is 1. The number of ether oxygens (including phenoxy) is 1. The number of halogens is 3. The van der Waals surface area contributed by atoms with Gasteiger partial charge in [-0.05, 0) is 69.5 Å². The number of anilines is 1. The maximum absolute atomic E-state index is 14.1. The molecule has 0 aliphatic carbocycles. The van der Waals surface area contributed by atoms with Crippen molar-refractivity contribution in [3.63, 3.8) is 0 Å². The quantitative estimate of drug-likeness (QED) is 0.266. The van der Waals surface area contributed by atoms with Crippen molar-refractivity contribution in [3.8, 4) is 5.75 Å². The lowest BCUT2D eigenvalue weighted by atomic mass is 9.83. The molecule has 3 aromatic carbocycles. The van der Waals surface area contributed by atoms with Gasteiger partial charge in [-0.1, -0.05) is 47.5 Å². The van der Waals surface area contributed by atoms with Gasteiger partial charge in [-0.25, -0.2) is 4.90 Å². The normalized spacial score (nSPS) is 23.7. The van der Waals surface area contributed by atoms with Gasteiger partial charge in [0.25, 0.3) is 0 Å². The van der Waals surface area contributed by atoms with Gasteiger partial charge < -0.3 is 9.64 Å². The molecular formula is C28H19BrCl2N2O4. The Bertz CT molecular complexity index is 1500. The minimum atomic E-state index is -0.889. The van der Waals surface area contributed by atoms with Crippen LogP contribution in [0, 0.1) is 11.8 Å². The number of nitrogens with zero attached hydrogens (tertiary/aromatic N) is 2.